The van der Waals surface area contributed by atoms with Gasteiger partial charge in [0.1, 0.15) is 17.3 Å². The molecule has 0 saturated carbocycles. The van der Waals surface area contributed by atoms with Crippen molar-refractivity contribution in [3.05, 3.63) is 124 Å². The molecule has 0 radical (unpaired) electrons. The lowest BCUT2D eigenvalue weighted by molar-refractivity contribution is -0.384. The van der Waals surface area contributed by atoms with Crippen molar-refractivity contribution in [2.75, 3.05) is 4.90 Å². The molecule has 1 aliphatic rings. The zero-order valence-corrected chi connectivity index (χ0v) is 17.8. The molecule has 34 heavy (non-hydrogen) atoms. The Balaban J connectivity index is 1.52. The monoisotopic (exact) mass is 450 g/mol. The lowest BCUT2D eigenvalue weighted by atomic mass is 10.1. The molecule has 1 N–H and O–H groups in total. The second kappa shape index (κ2) is 8.55. The van der Waals surface area contributed by atoms with E-state index in [2.05, 4.69) is 0 Å². The molecule has 0 spiro atoms. The van der Waals surface area contributed by atoms with E-state index in [4.69, 9.17) is 4.42 Å². The number of carbonyl (C=O) groups is 1. The van der Waals surface area contributed by atoms with Crippen molar-refractivity contribution in [1.29, 1.82) is 0 Å². The van der Waals surface area contributed by atoms with Crippen LogP contribution >= 0.6 is 0 Å². The number of nitrogens with zero attached hydrogens (tertiary/aromatic N) is 2. The van der Waals surface area contributed by atoms with E-state index < -0.39 is 4.92 Å². The quantitative estimate of drug-likeness (QED) is 0.227. The number of amides is 1. The van der Waals surface area contributed by atoms with Crippen molar-refractivity contribution >= 4 is 29.1 Å². The topological polar surface area (TPSA) is 96.8 Å². The standard InChI is InChI=1S/C27H18N2O5/c30-25-9-5-4-8-23(25)28-24(18-6-2-1-3-7-18)17-20(27(28)31)16-22-14-15-26(34-22)19-10-12-21(13-11-19)29(32)33/h1-17,30H/b20-16+. The molecule has 7 heteroatoms. The number of carbonyl (C=O) groups excluding carboxylic acids is 1. The van der Waals surface area contributed by atoms with Gasteiger partial charge >= 0.3 is 0 Å². The number of nitro benzene ring substituents is 1. The molecule has 166 valence electrons. The number of non-ortho nitro benzene ring substituents is 1. The molecule has 1 amide bonds. The number of aromatic hydroxyl groups is 1. The minimum atomic E-state index is -0.458. The average Bonchev–Trinajstić information content (AvgIpc) is 3.45. The molecule has 0 aliphatic carbocycles. The van der Waals surface area contributed by atoms with Crippen molar-refractivity contribution in [2.24, 2.45) is 0 Å². The summed E-state index contributed by atoms with van der Waals surface area (Å²) in [6.45, 7) is 0. The minimum Gasteiger partial charge on any atom is -0.506 e. The van der Waals surface area contributed by atoms with E-state index in [1.54, 1.807) is 54.6 Å². The van der Waals surface area contributed by atoms with Crippen LogP contribution < -0.4 is 4.90 Å². The molecule has 5 rings (SSSR count). The van der Waals surface area contributed by atoms with Crippen LogP contribution in [0.4, 0.5) is 11.4 Å². The van der Waals surface area contributed by atoms with Gasteiger partial charge < -0.3 is 9.52 Å². The Hall–Kier alpha value is -4.91. The summed E-state index contributed by atoms with van der Waals surface area (Å²) >= 11 is 0. The summed E-state index contributed by atoms with van der Waals surface area (Å²) in [5, 5.41) is 21.3. The lowest BCUT2D eigenvalue weighted by Gasteiger charge is -2.21. The van der Waals surface area contributed by atoms with E-state index in [9.17, 15) is 20.0 Å². The minimum absolute atomic E-state index is 0.00242. The third-order valence-electron chi connectivity index (χ3n) is 5.46. The van der Waals surface area contributed by atoms with Gasteiger partial charge in [-0.3, -0.25) is 19.8 Å². The van der Waals surface area contributed by atoms with Crippen LogP contribution in [0.1, 0.15) is 11.3 Å². The number of hydrogen-bond donors (Lipinski definition) is 1. The summed E-state index contributed by atoms with van der Waals surface area (Å²) in [5.41, 5.74) is 2.93. The van der Waals surface area contributed by atoms with Crippen LogP contribution in [0.15, 0.2) is 107 Å². The summed E-state index contributed by atoms with van der Waals surface area (Å²) in [6.07, 6.45) is 3.40. The number of benzene rings is 3. The highest BCUT2D eigenvalue weighted by atomic mass is 16.6. The Kier molecular flexibility index (Phi) is 5.27. The van der Waals surface area contributed by atoms with Crippen LogP contribution in [-0.2, 0) is 4.79 Å². The van der Waals surface area contributed by atoms with Gasteiger partial charge in [0.25, 0.3) is 11.6 Å². The van der Waals surface area contributed by atoms with Crippen LogP contribution in [-0.4, -0.2) is 15.9 Å². The van der Waals surface area contributed by atoms with Crippen LogP contribution in [0.2, 0.25) is 0 Å². The Morgan fingerprint density at radius 1 is 0.853 bits per heavy atom. The first kappa shape index (κ1) is 21.0. The van der Waals surface area contributed by atoms with Crippen LogP contribution in [0.3, 0.4) is 0 Å². The number of anilines is 1. The summed E-state index contributed by atoms with van der Waals surface area (Å²) in [7, 11) is 0. The fraction of sp³-hybridized carbons (Fsp3) is 0. The zero-order chi connectivity index (χ0) is 23.7. The normalized spacial score (nSPS) is 14.5. The molecular weight excluding hydrogens is 432 g/mol. The largest absolute Gasteiger partial charge is 0.506 e. The molecule has 3 aromatic carbocycles. The lowest BCUT2D eigenvalue weighted by Crippen LogP contribution is -2.25. The smallest absolute Gasteiger partial charge is 0.269 e. The first-order valence-electron chi connectivity index (χ1n) is 10.5. The number of phenolic OH excluding ortho intramolecular Hbond substituents is 1. The predicted molar refractivity (Wildman–Crippen MR) is 129 cm³/mol. The van der Waals surface area contributed by atoms with Gasteiger partial charge in [-0.05, 0) is 54.1 Å². The number of rotatable bonds is 5. The average molecular weight is 450 g/mol. The van der Waals surface area contributed by atoms with Gasteiger partial charge in [0.15, 0.2) is 0 Å². The van der Waals surface area contributed by atoms with Crippen LogP contribution in [0, 0.1) is 10.1 Å². The molecule has 0 atom stereocenters. The second-order valence-electron chi connectivity index (χ2n) is 7.63. The molecule has 0 fully saturated rings. The summed E-state index contributed by atoms with van der Waals surface area (Å²) < 4.78 is 5.89. The fourth-order valence-electron chi connectivity index (χ4n) is 3.82. The summed E-state index contributed by atoms with van der Waals surface area (Å²) in [4.78, 5) is 25.3. The Labute approximate surface area is 194 Å². The first-order chi connectivity index (χ1) is 16.5. The van der Waals surface area contributed by atoms with E-state index in [1.165, 1.54) is 23.1 Å². The number of phenols is 1. The maximum atomic E-state index is 13.4. The highest BCUT2D eigenvalue weighted by molar-refractivity contribution is 6.23. The number of hydrogen-bond acceptors (Lipinski definition) is 5. The van der Waals surface area contributed by atoms with Gasteiger partial charge in [0, 0.05) is 23.3 Å². The van der Waals surface area contributed by atoms with Crippen molar-refractivity contribution in [3.63, 3.8) is 0 Å². The Morgan fingerprint density at radius 3 is 2.26 bits per heavy atom. The molecule has 1 aliphatic heterocycles. The van der Waals surface area contributed by atoms with E-state index in [-0.39, 0.29) is 17.3 Å². The van der Waals surface area contributed by atoms with Gasteiger partial charge in [-0.15, -0.1) is 0 Å². The van der Waals surface area contributed by atoms with E-state index >= 15 is 0 Å². The summed E-state index contributed by atoms with van der Waals surface area (Å²) in [6, 6.07) is 25.7. The highest BCUT2D eigenvalue weighted by Crippen LogP contribution is 2.39. The van der Waals surface area contributed by atoms with Crippen LogP contribution in [0.5, 0.6) is 5.75 Å². The zero-order valence-electron chi connectivity index (χ0n) is 17.8. The number of nitro groups is 1. The summed E-state index contributed by atoms with van der Waals surface area (Å²) in [5.74, 6) is 0.683. The van der Waals surface area contributed by atoms with Gasteiger partial charge in [0.05, 0.1) is 16.3 Å². The van der Waals surface area contributed by atoms with Crippen molar-refractivity contribution in [3.8, 4) is 17.1 Å². The van der Waals surface area contributed by atoms with Gasteiger partial charge in [-0.2, -0.15) is 0 Å². The predicted octanol–water partition coefficient (Wildman–Crippen LogP) is 6.03. The Bertz CT molecular complexity index is 1450. The molecule has 4 aromatic rings. The highest BCUT2D eigenvalue weighted by Gasteiger charge is 2.32. The molecular formula is C27H18N2O5. The van der Waals surface area contributed by atoms with E-state index in [1.807, 2.05) is 30.3 Å². The van der Waals surface area contributed by atoms with E-state index in [0.717, 1.165) is 5.56 Å². The van der Waals surface area contributed by atoms with E-state index in [0.29, 0.717) is 34.0 Å². The molecule has 0 unspecified atom stereocenters. The van der Waals surface area contributed by atoms with Crippen molar-refractivity contribution < 1.29 is 19.2 Å². The van der Waals surface area contributed by atoms with Crippen LogP contribution in [0.25, 0.3) is 23.1 Å². The maximum Gasteiger partial charge on any atom is 0.269 e. The second-order valence-corrected chi connectivity index (χ2v) is 7.63. The number of para-hydroxylation sites is 2. The third kappa shape index (κ3) is 3.86. The first-order valence-corrected chi connectivity index (χ1v) is 10.5. The maximum absolute atomic E-state index is 13.4. The molecule has 0 saturated heterocycles. The number of furan rings is 1. The van der Waals surface area contributed by atoms with Gasteiger partial charge in [0.2, 0.25) is 0 Å². The van der Waals surface area contributed by atoms with Crippen molar-refractivity contribution in [1.82, 2.24) is 0 Å². The molecule has 2 heterocycles. The Morgan fingerprint density at radius 2 is 1.56 bits per heavy atom. The SMILES string of the molecule is O=C1/C(=C/c2ccc(-c3ccc([N+](=O)[O-])cc3)o2)C=C(c2ccccc2)N1c1ccccc1O. The molecule has 7 nitrogen and oxygen atoms in total. The van der Waals surface area contributed by atoms with Gasteiger partial charge in [-0.25, -0.2) is 0 Å². The van der Waals surface area contributed by atoms with Gasteiger partial charge in [-0.1, -0.05) is 42.5 Å². The fourth-order valence-corrected chi connectivity index (χ4v) is 3.82. The third-order valence-corrected chi connectivity index (χ3v) is 5.46. The molecule has 1 aromatic heterocycles. The molecule has 0 bridgehead atoms. The van der Waals surface area contributed by atoms with Crippen molar-refractivity contribution in [2.45, 2.75) is 0 Å².